The van der Waals surface area contributed by atoms with Gasteiger partial charge in [0, 0.05) is 13.0 Å². The maximum Gasteiger partial charge on any atom is 0.407 e. The van der Waals surface area contributed by atoms with E-state index >= 15 is 0 Å². The van der Waals surface area contributed by atoms with Gasteiger partial charge in [-0.3, -0.25) is 4.79 Å². The monoisotopic (exact) mass is 617 g/mol. The van der Waals surface area contributed by atoms with E-state index in [1.807, 2.05) is 20.8 Å². The summed E-state index contributed by atoms with van der Waals surface area (Å²) in [6, 6.07) is 6.95. The minimum Gasteiger partial charge on any atom is -0.497 e. The van der Waals surface area contributed by atoms with E-state index in [0.29, 0.717) is 11.3 Å². The first-order valence-corrected chi connectivity index (χ1v) is 14.5. The lowest BCUT2D eigenvalue weighted by atomic mass is 9.50. The Morgan fingerprint density at radius 3 is 2.34 bits per heavy atom. The van der Waals surface area contributed by atoms with E-state index in [4.69, 9.17) is 33.2 Å². The molecule has 4 saturated heterocycles. The molecular formula is C30H35NO13. The molecule has 12 atom stereocenters. The number of carbonyl (C=O) groups excluding carboxylic acids is 4. The van der Waals surface area contributed by atoms with Crippen molar-refractivity contribution in [2.75, 3.05) is 14.2 Å². The Morgan fingerprint density at radius 1 is 1.05 bits per heavy atom. The fraction of sp³-hybridized carbons (Fsp3) is 0.667. The molecule has 44 heavy (non-hydrogen) atoms. The molecule has 3 N–H and O–H groups in total. The first kappa shape index (κ1) is 29.3. The number of methoxy groups -OCH3 is 1. The van der Waals surface area contributed by atoms with E-state index < -0.39 is 100 Å². The van der Waals surface area contributed by atoms with Crippen LogP contribution in [0.1, 0.15) is 33.3 Å². The van der Waals surface area contributed by atoms with Gasteiger partial charge >= 0.3 is 24.0 Å². The van der Waals surface area contributed by atoms with Gasteiger partial charge in [-0.05, 0) is 30.0 Å². The lowest BCUT2D eigenvalue weighted by molar-refractivity contribution is -0.240. The summed E-state index contributed by atoms with van der Waals surface area (Å²) in [5, 5.41) is 27.0. The van der Waals surface area contributed by atoms with Gasteiger partial charge in [0.05, 0.1) is 31.2 Å². The normalized spacial score (nSPS) is 46.0. The zero-order valence-electron chi connectivity index (χ0n) is 25.0. The average Bonchev–Trinajstić information content (AvgIpc) is 3.67. The van der Waals surface area contributed by atoms with Crippen molar-refractivity contribution in [2.45, 2.75) is 82.3 Å². The predicted molar refractivity (Wildman–Crippen MR) is 142 cm³/mol. The first-order valence-electron chi connectivity index (χ1n) is 14.5. The Hall–Kier alpha value is -3.46. The number of hydrogen-bond acceptors (Lipinski definition) is 13. The van der Waals surface area contributed by atoms with Crippen LogP contribution in [0.2, 0.25) is 0 Å². The summed E-state index contributed by atoms with van der Waals surface area (Å²) in [6.07, 6.45) is -10.2. The molecule has 1 amide bonds. The van der Waals surface area contributed by atoms with E-state index in [1.165, 1.54) is 21.1 Å². The number of nitrogens with one attached hydrogen (secondary N) is 1. The number of rotatable bonds is 5. The Morgan fingerprint density at radius 2 is 1.73 bits per heavy atom. The van der Waals surface area contributed by atoms with Crippen molar-refractivity contribution in [1.82, 2.24) is 5.32 Å². The number of hydrogen-bond donors (Lipinski definition) is 3. The van der Waals surface area contributed by atoms with Crippen LogP contribution in [0.4, 0.5) is 4.79 Å². The Balaban J connectivity index is 1.49. The molecule has 6 unspecified atom stereocenters. The summed E-state index contributed by atoms with van der Waals surface area (Å²) >= 11 is 0. The van der Waals surface area contributed by atoms with Crippen molar-refractivity contribution in [3.63, 3.8) is 0 Å². The average molecular weight is 618 g/mol. The van der Waals surface area contributed by atoms with Crippen LogP contribution in [0.25, 0.3) is 0 Å². The zero-order valence-corrected chi connectivity index (χ0v) is 25.0. The molecule has 1 aromatic carbocycles. The lowest BCUT2D eigenvalue weighted by Crippen LogP contribution is -2.67. The Labute approximate surface area is 252 Å². The van der Waals surface area contributed by atoms with Gasteiger partial charge in [0.25, 0.3) is 0 Å². The van der Waals surface area contributed by atoms with Gasteiger partial charge in [0.1, 0.15) is 17.3 Å². The zero-order chi connectivity index (χ0) is 31.8. The molecule has 14 nitrogen and oxygen atoms in total. The maximum atomic E-state index is 14.2. The fourth-order valence-corrected chi connectivity index (χ4v) is 9.64. The smallest absolute Gasteiger partial charge is 0.407 e. The highest BCUT2D eigenvalue weighted by molar-refractivity contribution is 5.94. The number of amides is 1. The van der Waals surface area contributed by atoms with Gasteiger partial charge in [-0.2, -0.15) is 0 Å². The molecule has 4 heterocycles. The molecule has 238 valence electrons. The molecule has 7 rings (SSSR count). The molecule has 4 aliphatic heterocycles. The first-order chi connectivity index (χ1) is 20.7. The van der Waals surface area contributed by atoms with Gasteiger partial charge in [0.2, 0.25) is 11.9 Å². The highest BCUT2D eigenvalue weighted by atomic mass is 16.8. The van der Waals surface area contributed by atoms with E-state index in [-0.39, 0.29) is 6.61 Å². The number of benzene rings is 1. The standard InChI is InChI=1S/C30H35NO13/c1-12-21(33)40-19-18(42-25(36)31-5)28-17-15(32)16(26(2,3)4)27(28)20(39-11-13-7-9-14(38-6)10-8-13)22(34)43-24(27)44-30(28,23(35)41-17)29(12,19)37/h7-10,12,15-20,24,32,37H,11H2,1-6H3,(H,31,36)/t12-,15-,16+,17?,18+,19?,20+,24?,27?,28?,29-,30?/m1/s1. The van der Waals surface area contributed by atoms with E-state index in [2.05, 4.69) is 5.32 Å². The number of carbonyl (C=O) groups is 4. The van der Waals surface area contributed by atoms with Crippen molar-refractivity contribution >= 4 is 24.0 Å². The molecule has 0 bridgehead atoms. The van der Waals surface area contributed by atoms with Gasteiger partial charge in [-0.15, -0.1) is 0 Å². The molecule has 6 fully saturated rings. The fourth-order valence-electron chi connectivity index (χ4n) is 9.64. The largest absolute Gasteiger partial charge is 0.497 e. The highest BCUT2D eigenvalue weighted by Gasteiger charge is 3.06. The second kappa shape index (κ2) is 8.83. The number of aliphatic hydroxyl groups is 2. The molecule has 6 aliphatic rings. The number of fused-ring (bicyclic) bond motifs is 1. The van der Waals surface area contributed by atoms with Crippen LogP contribution in [0.15, 0.2) is 24.3 Å². The maximum absolute atomic E-state index is 14.2. The van der Waals surface area contributed by atoms with Crippen LogP contribution >= 0.6 is 0 Å². The Kier molecular flexibility index (Phi) is 5.87. The van der Waals surface area contributed by atoms with Crippen LogP contribution in [0.3, 0.4) is 0 Å². The van der Waals surface area contributed by atoms with Gasteiger partial charge in [-0.1, -0.05) is 32.9 Å². The number of esters is 3. The van der Waals surface area contributed by atoms with E-state index in [9.17, 15) is 29.4 Å². The summed E-state index contributed by atoms with van der Waals surface area (Å²) in [5.41, 5.74) is -8.84. The molecule has 2 saturated carbocycles. The summed E-state index contributed by atoms with van der Waals surface area (Å²) < 4.78 is 41.4. The van der Waals surface area contributed by atoms with Crippen LogP contribution in [-0.4, -0.2) is 96.4 Å². The molecular weight excluding hydrogens is 582 g/mol. The van der Waals surface area contributed by atoms with Crippen molar-refractivity contribution in [2.24, 2.45) is 28.1 Å². The lowest BCUT2D eigenvalue weighted by Gasteiger charge is -2.48. The predicted octanol–water partition coefficient (Wildman–Crippen LogP) is 0.198. The van der Waals surface area contributed by atoms with E-state index in [1.54, 1.807) is 24.3 Å². The third kappa shape index (κ3) is 2.87. The summed E-state index contributed by atoms with van der Waals surface area (Å²) in [7, 11) is 2.84. The van der Waals surface area contributed by atoms with E-state index in [0.717, 1.165) is 0 Å². The van der Waals surface area contributed by atoms with Crippen molar-refractivity contribution in [1.29, 1.82) is 0 Å². The third-order valence-corrected chi connectivity index (χ3v) is 10.9. The Bertz CT molecular complexity index is 1460. The molecule has 1 aromatic rings. The second-order valence-corrected chi connectivity index (χ2v) is 13.5. The topological polar surface area (TPSA) is 185 Å². The van der Waals surface area contributed by atoms with Gasteiger partial charge < -0.3 is 48.7 Å². The number of ether oxygens (including phenoxy) is 7. The molecule has 0 radical (unpaired) electrons. The molecule has 14 heteroatoms. The third-order valence-electron chi connectivity index (χ3n) is 10.9. The van der Waals surface area contributed by atoms with Crippen LogP contribution in [-0.2, 0) is 49.4 Å². The SMILES string of the molecule is CNC(=O)O[C@H]1C2OC(=O)[C@@H](C)[C@]2(O)C23OC4OC(=O)[C@H](OCc5ccc(OC)cc5)C45[C@H](C(C)(C)C)[C@@H](O)C(OC2=O)C153. The minimum absolute atomic E-state index is 0.103. The number of aliphatic hydroxyl groups excluding tert-OH is 1. The molecule has 0 aromatic heterocycles. The van der Waals surface area contributed by atoms with Crippen molar-refractivity contribution < 1.29 is 62.5 Å². The van der Waals surface area contributed by atoms with Gasteiger partial charge in [0.15, 0.2) is 23.9 Å². The molecule has 2 spiro atoms. The van der Waals surface area contributed by atoms with Crippen LogP contribution in [0, 0.1) is 28.1 Å². The van der Waals surface area contributed by atoms with Crippen LogP contribution < -0.4 is 10.1 Å². The summed E-state index contributed by atoms with van der Waals surface area (Å²) in [6.45, 7) is 6.76. The number of alkyl carbamates (subject to hydrolysis) is 1. The van der Waals surface area contributed by atoms with Crippen molar-refractivity contribution in [3.8, 4) is 5.75 Å². The van der Waals surface area contributed by atoms with Crippen molar-refractivity contribution in [3.05, 3.63) is 29.8 Å². The summed E-state index contributed by atoms with van der Waals surface area (Å²) in [5.74, 6) is -4.47. The summed E-state index contributed by atoms with van der Waals surface area (Å²) in [4.78, 5) is 53.9. The minimum atomic E-state index is -2.45. The van der Waals surface area contributed by atoms with Crippen LogP contribution in [0.5, 0.6) is 5.75 Å². The quantitative estimate of drug-likeness (QED) is 0.301. The highest BCUT2D eigenvalue weighted by Crippen LogP contribution is 2.85. The second-order valence-electron chi connectivity index (χ2n) is 13.5. The van der Waals surface area contributed by atoms with Gasteiger partial charge in [-0.25, -0.2) is 14.4 Å². The molecule has 2 aliphatic carbocycles.